The Labute approximate surface area is 136 Å². The topological polar surface area (TPSA) is 131 Å². The Morgan fingerprint density at radius 3 is 2.33 bits per heavy atom. The second-order valence-corrected chi connectivity index (χ2v) is 5.27. The first kappa shape index (κ1) is 15.7. The van der Waals surface area contributed by atoms with Crippen LogP contribution in [0.3, 0.4) is 0 Å². The summed E-state index contributed by atoms with van der Waals surface area (Å²) < 4.78 is 9.84. The Morgan fingerprint density at radius 2 is 1.79 bits per heavy atom. The number of oxazole rings is 2. The number of imide groups is 1. The molecule has 3 heterocycles. The van der Waals surface area contributed by atoms with Crippen molar-refractivity contribution in [2.75, 3.05) is 0 Å². The van der Waals surface area contributed by atoms with E-state index in [1.165, 1.54) is 30.2 Å². The number of carbonyl (C=O) groups is 3. The molecule has 1 atom stereocenters. The van der Waals surface area contributed by atoms with Crippen LogP contribution in [0.15, 0.2) is 34.1 Å². The SMILES string of the molecule is O=C1CCC(C(=O)N(Cc2cocn2)Cc2cocn2)NC(=O)N1. The second-order valence-electron chi connectivity index (χ2n) is 5.27. The van der Waals surface area contributed by atoms with Crippen LogP contribution >= 0.6 is 0 Å². The fraction of sp³-hybridized carbons (Fsp3) is 0.357. The zero-order valence-electron chi connectivity index (χ0n) is 12.6. The lowest BCUT2D eigenvalue weighted by Crippen LogP contribution is -2.49. The molecule has 126 valence electrons. The lowest BCUT2D eigenvalue weighted by molar-refractivity contribution is -0.134. The molecule has 1 saturated heterocycles. The van der Waals surface area contributed by atoms with Gasteiger partial charge in [-0.15, -0.1) is 0 Å². The normalized spacial score (nSPS) is 17.8. The van der Waals surface area contributed by atoms with Crippen molar-refractivity contribution in [2.45, 2.75) is 32.0 Å². The van der Waals surface area contributed by atoms with Gasteiger partial charge in [0, 0.05) is 6.42 Å². The van der Waals surface area contributed by atoms with Gasteiger partial charge in [0.05, 0.1) is 24.5 Å². The van der Waals surface area contributed by atoms with Crippen molar-refractivity contribution >= 4 is 17.8 Å². The monoisotopic (exact) mass is 333 g/mol. The van der Waals surface area contributed by atoms with Gasteiger partial charge in [-0.2, -0.15) is 0 Å². The molecule has 0 radical (unpaired) electrons. The molecule has 10 heteroatoms. The summed E-state index contributed by atoms with van der Waals surface area (Å²) in [7, 11) is 0. The third kappa shape index (κ3) is 3.77. The van der Waals surface area contributed by atoms with Crippen molar-refractivity contribution in [3.05, 3.63) is 36.7 Å². The minimum atomic E-state index is -0.810. The molecule has 0 aliphatic carbocycles. The maximum atomic E-state index is 12.8. The van der Waals surface area contributed by atoms with E-state index >= 15 is 0 Å². The zero-order valence-corrected chi connectivity index (χ0v) is 12.6. The summed E-state index contributed by atoms with van der Waals surface area (Å²) >= 11 is 0. The van der Waals surface area contributed by atoms with Gasteiger partial charge in [-0.25, -0.2) is 14.8 Å². The van der Waals surface area contributed by atoms with Crippen LogP contribution in [0.5, 0.6) is 0 Å². The maximum absolute atomic E-state index is 12.8. The molecule has 4 amide bonds. The van der Waals surface area contributed by atoms with Gasteiger partial charge in [0.25, 0.3) is 0 Å². The molecule has 1 aliphatic heterocycles. The molecular weight excluding hydrogens is 318 g/mol. The molecule has 10 nitrogen and oxygen atoms in total. The Hall–Kier alpha value is -3.17. The van der Waals surface area contributed by atoms with Gasteiger partial charge in [0.1, 0.15) is 18.6 Å². The van der Waals surface area contributed by atoms with Crippen molar-refractivity contribution < 1.29 is 23.2 Å². The summed E-state index contributed by atoms with van der Waals surface area (Å²) in [5, 5.41) is 4.64. The quantitative estimate of drug-likeness (QED) is 0.798. The van der Waals surface area contributed by atoms with Crippen molar-refractivity contribution in [3.63, 3.8) is 0 Å². The summed E-state index contributed by atoms with van der Waals surface area (Å²) in [5.74, 6) is -0.756. The number of hydrogen-bond donors (Lipinski definition) is 2. The number of urea groups is 1. The minimum absolute atomic E-state index is 0.0803. The van der Waals surface area contributed by atoms with E-state index in [0.717, 1.165) is 0 Å². The average Bonchev–Trinajstić information content (AvgIpc) is 3.21. The van der Waals surface area contributed by atoms with E-state index in [2.05, 4.69) is 20.6 Å². The first-order valence-electron chi connectivity index (χ1n) is 7.25. The van der Waals surface area contributed by atoms with E-state index in [4.69, 9.17) is 8.83 Å². The number of hydrogen-bond acceptors (Lipinski definition) is 7. The van der Waals surface area contributed by atoms with Gasteiger partial charge in [-0.1, -0.05) is 0 Å². The first-order valence-corrected chi connectivity index (χ1v) is 7.25. The summed E-state index contributed by atoms with van der Waals surface area (Å²) in [6, 6.07) is -1.49. The van der Waals surface area contributed by atoms with E-state index in [1.807, 2.05) is 0 Å². The smallest absolute Gasteiger partial charge is 0.322 e. The Morgan fingerprint density at radius 1 is 1.17 bits per heavy atom. The van der Waals surface area contributed by atoms with Crippen LogP contribution in [-0.4, -0.2) is 38.8 Å². The van der Waals surface area contributed by atoms with Gasteiger partial charge in [0.15, 0.2) is 12.8 Å². The van der Waals surface area contributed by atoms with Crippen molar-refractivity contribution in [1.29, 1.82) is 0 Å². The Bertz CT molecular complexity index is 676. The van der Waals surface area contributed by atoms with Crippen LogP contribution in [0.25, 0.3) is 0 Å². The van der Waals surface area contributed by atoms with Crippen LogP contribution in [0.4, 0.5) is 4.79 Å². The van der Waals surface area contributed by atoms with Crippen LogP contribution < -0.4 is 10.6 Å². The maximum Gasteiger partial charge on any atom is 0.322 e. The summed E-state index contributed by atoms with van der Waals surface area (Å²) in [6.45, 7) is 0.353. The molecule has 0 spiro atoms. The highest BCUT2D eigenvalue weighted by atomic mass is 16.3. The minimum Gasteiger partial charge on any atom is -0.451 e. The van der Waals surface area contributed by atoms with Crippen LogP contribution in [0, 0.1) is 0 Å². The number of nitrogens with one attached hydrogen (secondary N) is 2. The van der Waals surface area contributed by atoms with E-state index in [-0.39, 0.29) is 31.8 Å². The van der Waals surface area contributed by atoms with Gasteiger partial charge in [-0.05, 0) is 6.42 Å². The highest BCUT2D eigenvalue weighted by molar-refractivity contribution is 5.98. The van der Waals surface area contributed by atoms with Crippen molar-refractivity contribution in [2.24, 2.45) is 0 Å². The number of rotatable bonds is 5. The molecule has 24 heavy (non-hydrogen) atoms. The first-order chi connectivity index (χ1) is 11.6. The van der Waals surface area contributed by atoms with Gasteiger partial charge in [-0.3, -0.25) is 14.9 Å². The van der Waals surface area contributed by atoms with Gasteiger partial charge >= 0.3 is 6.03 Å². The van der Waals surface area contributed by atoms with E-state index in [9.17, 15) is 14.4 Å². The molecule has 0 bridgehead atoms. The molecule has 2 aromatic rings. The molecule has 1 unspecified atom stereocenters. The van der Waals surface area contributed by atoms with Crippen LogP contribution in [0.1, 0.15) is 24.2 Å². The number of carbonyl (C=O) groups excluding carboxylic acids is 3. The van der Waals surface area contributed by atoms with E-state index in [0.29, 0.717) is 11.4 Å². The number of nitrogens with zero attached hydrogens (tertiary/aromatic N) is 3. The molecule has 2 aromatic heterocycles. The predicted octanol–water partition coefficient (Wildman–Crippen LogP) is 0.180. The zero-order chi connectivity index (χ0) is 16.9. The highest BCUT2D eigenvalue weighted by Crippen LogP contribution is 2.13. The molecule has 0 aromatic carbocycles. The van der Waals surface area contributed by atoms with E-state index < -0.39 is 18.0 Å². The van der Waals surface area contributed by atoms with Crippen LogP contribution in [0.2, 0.25) is 0 Å². The standard InChI is InChI=1S/C14H15N5O5/c20-12-2-1-11(17-14(22)18-12)13(21)19(3-9-5-23-7-15-9)4-10-6-24-8-16-10/h5-8,11H,1-4H2,(H2,17,18,20,22). The average molecular weight is 333 g/mol. The number of amides is 4. The summed E-state index contributed by atoms with van der Waals surface area (Å²) in [4.78, 5) is 45.3. The Kier molecular flexibility index (Phi) is 4.54. The summed E-state index contributed by atoms with van der Waals surface area (Å²) in [6.07, 6.45) is 5.69. The fourth-order valence-electron chi connectivity index (χ4n) is 2.37. The fourth-order valence-corrected chi connectivity index (χ4v) is 2.37. The van der Waals surface area contributed by atoms with Gasteiger partial charge < -0.3 is 19.1 Å². The molecule has 1 fully saturated rings. The Balaban J connectivity index is 1.76. The third-order valence-corrected chi connectivity index (χ3v) is 3.50. The summed E-state index contributed by atoms with van der Waals surface area (Å²) in [5.41, 5.74) is 1.11. The second kappa shape index (κ2) is 6.94. The molecule has 2 N–H and O–H groups in total. The molecular formula is C14H15N5O5. The number of aromatic nitrogens is 2. The van der Waals surface area contributed by atoms with Crippen molar-refractivity contribution in [1.82, 2.24) is 25.5 Å². The molecule has 1 aliphatic rings. The predicted molar refractivity (Wildman–Crippen MR) is 77.0 cm³/mol. The van der Waals surface area contributed by atoms with E-state index in [1.54, 1.807) is 0 Å². The van der Waals surface area contributed by atoms with Crippen molar-refractivity contribution in [3.8, 4) is 0 Å². The largest absolute Gasteiger partial charge is 0.451 e. The molecule has 3 rings (SSSR count). The van der Waals surface area contributed by atoms with Crippen LogP contribution in [-0.2, 0) is 22.7 Å². The highest BCUT2D eigenvalue weighted by Gasteiger charge is 2.30. The third-order valence-electron chi connectivity index (χ3n) is 3.50. The molecule has 0 saturated carbocycles. The lowest BCUT2D eigenvalue weighted by atomic mass is 10.1. The lowest BCUT2D eigenvalue weighted by Gasteiger charge is -2.25. The van der Waals surface area contributed by atoms with Gasteiger partial charge in [0.2, 0.25) is 11.8 Å².